The van der Waals surface area contributed by atoms with Gasteiger partial charge in [0, 0.05) is 5.69 Å². The third-order valence-corrected chi connectivity index (χ3v) is 5.22. The molecule has 3 aromatic rings. The average Bonchev–Trinajstić information content (AvgIpc) is 3.27. The van der Waals surface area contributed by atoms with E-state index in [1.807, 2.05) is 67.8 Å². The third-order valence-electron chi connectivity index (χ3n) is 4.35. The Labute approximate surface area is 174 Å². The van der Waals surface area contributed by atoms with Crippen molar-refractivity contribution in [2.24, 2.45) is 5.92 Å². The van der Waals surface area contributed by atoms with Gasteiger partial charge in [0.15, 0.2) is 0 Å². The summed E-state index contributed by atoms with van der Waals surface area (Å²) in [5, 5.41) is 7.53. The Morgan fingerprint density at radius 1 is 0.966 bits per heavy atom. The SMILES string of the molecule is CC(C)[C@@H](NC(=O)c1cccs1)C(=O)Nc1ccc(OCc2ccccc2)cc1. The zero-order valence-electron chi connectivity index (χ0n) is 16.4. The zero-order chi connectivity index (χ0) is 20.6. The molecule has 150 valence electrons. The van der Waals surface area contributed by atoms with Crippen LogP contribution in [-0.4, -0.2) is 17.9 Å². The van der Waals surface area contributed by atoms with Gasteiger partial charge in [0.05, 0.1) is 4.88 Å². The van der Waals surface area contributed by atoms with E-state index in [0.29, 0.717) is 17.2 Å². The lowest BCUT2D eigenvalue weighted by atomic mass is 10.0. The van der Waals surface area contributed by atoms with E-state index in [9.17, 15) is 9.59 Å². The van der Waals surface area contributed by atoms with Crippen LogP contribution in [0.1, 0.15) is 29.1 Å². The number of thiophene rings is 1. The Kier molecular flexibility index (Phi) is 7.03. The summed E-state index contributed by atoms with van der Waals surface area (Å²) in [6.45, 7) is 4.29. The Morgan fingerprint density at radius 2 is 1.69 bits per heavy atom. The summed E-state index contributed by atoms with van der Waals surface area (Å²) in [6.07, 6.45) is 0. The Morgan fingerprint density at radius 3 is 2.31 bits per heavy atom. The van der Waals surface area contributed by atoms with Gasteiger partial charge in [0.1, 0.15) is 18.4 Å². The summed E-state index contributed by atoms with van der Waals surface area (Å²) in [4.78, 5) is 25.6. The van der Waals surface area contributed by atoms with Crippen LogP contribution >= 0.6 is 11.3 Å². The standard InChI is InChI=1S/C23H24N2O3S/c1-16(2)21(25-22(26)20-9-6-14-29-20)23(27)24-18-10-12-19(13-11-18)28-15-17-7-4-3-5-8-17/h3-14,16,21H,15H2,1-2H3,(H,24,27)(H,25,26)/t21-/m1/s1. The van der Waals surface area contributed by atoms with Gasteiger partial charge < -0.3 is 15.4 Å². The normalized spacial score (nSPS) is 11.7. The smallest absolute Gasteiger partial charge is 0.262 e. The van der Waals surface area contributed by atoms with E-state index in [0.717, 1.165) is 11.3 Å². The van der Waals surface area contributed by atoms with Gasteiger partial charge in [-0.3, -0.25) is 9.59 Å². The molecule has 0 fully saturated rings. The maximum Gasteiger partial charge on any atom is 0.262 e. The number of anilines is 1. The van der Waals surface area contributed by atoms with E-state index in [1.54, 1.807) is 18.2 Å². The monoisotopic (exact) mass is 408 g/mol. The van der Waals surface area contributed by atoms with Crippen LogP contribution in [0.25, 0.3) is 0 Å². The van der Waals surface area contributed by atoms with Crippen LogP contribution in [0, 0.1) is 5.92 Å². The van der Waals surface area contributed by atoms with Crippen molar-refractivity contribution in [1.29, 1.82) is 0 Å². The van der Waals surface area contributed by atoms with E-state index in [1.165, 1.54) is 11.3 Å². The van der Waals surface area contributed by atoms with E-state index >= 15 is 0 Å². The second-order valence-electron chi connectivity index (χ2n) is 6.96. The number of hydrogen-bond acceptors (Lipinski definition) is 4. The van der Waals surface area contributed by atoms with E-state index in [2.05, 4.69) is 10.6 Å². The predicted octanol–water partition coefficient (Wildman–Crippen LogP) is 4.72. The number of carbonyl (C=O) groups is 2. The second kappa shape index (κ2) is 9.89. The molecule has 2 N–H and O–H groups in total. The first-order chi connectivity index (χ1) is 14.0. The lowest BCUT2D eigenvalue weighted by Crippen LogP contribution is -2.46. The topological polar surface area (TPSA) is 67.4 Å². The number of nitrogens with one attached hydrogen (secondary N) is 2. The molecule has 0 aliphatic carbocycles. The van der Waals surface area contributed by atoms with Gasteiger partial charge in [0.25, 0.3) is 5.91 Å². The fourth-order valence-electron chi connectivity index (χ4n) is 2.75. The number of amides is 2. The Bertz CT molecular complexity index is 923. The minimum Gasteiger partial charge on any atom is -0.489 e. The highest BCUT2D eigenvalue weighted by atomic mass is 32.1. The maximum atomic E-state index is 12.7. The molecule has 0 aliphatic heterocycles. The fourth-order valence-corrected chi connectivity index (χ4v) is 3.38. The molecule has 0 unspecified atom stereocenters. The van der Waals surface area contributed by atoms with Crippen LogP contribution in [0.2, 0.25) is 0 Å². The van der Waals surface area contributed by atoms with Crippen molar-refractivity contribution in [1.82, 2.24) is 5.32 Å². The van der Waals surface area contributed by atoms with Gasteiger partial charge in [0.2, 0.25) is 5.91 Å². The molecular formula is C23H24N2O3S. The maximum absolute atomic E-state index is 12.7. The first kappa shape index (κ1) is 20.6. The second-order valence-corrected chi connectivity index (χ2v) is 7.91. The summed E-state index contributed by atoms with van der Waals surface area (Å²) >= 11 is 1.35. The molecule has 0 saturated heterocycles. The van der Waals surface area contributed by atoms with Crippen molar-refractivity contribution in [3.8, 4) is 5.75 Å². The summed E-state index contributed by atoms with van der Waals surface area (Å²) in [5.74, 6) is 0.187. The van der Waals surface area contributed by atoms with Crippen LogP contribution in [0.4, 0.5) is 5.69 Å². The highest BCUT2D eigenvalue weighted by molar-refractivity contribution is 7.12. The van der Waals surface area contributed by atoms with Crippen LogP contribution in [0.3, 0.4) is 0 Å². The summed E-state index contributed by atoms with van der Waals surface area (Å²) in [6, 6.07) is 20.0. The molecule has 0 radical (unpaired) electrons. The molecule has 6 heteroatoms. The number of hydrogen-bond donors (Lipinski definition) is 2. The molecule has 29 heavy (non-hydrogen) atoms. The molecule has 0 spiro atoms. The lowest BCUT2D eigenvalue weighted by Gasteiger charge is -2.21. The van der Waals surface area contributed by atoms with Gasteiger partial charge in [-0.1, -0.05) is 50.2 Å². The van der Waals surface area contributed by atoms with Crippen molar-refractivity contribution in [2.45, 2.75) is 26.5 Å². The highest BCUT2D eigenvalue weighted by Crippen LogP contribution is 2.18. The molecule has 0 aliphatic rings. The number of ether oxygens (including phenoxy) is 1. The van der Waals surface area contributed by atoms with Gasteiger partial charge in [-0.15, -0.1) is 11.3 Å². The quantitative estimate of drug-likeness (QED) is 0.567. The van der Waals surface area contributed by atoms with Crippen molar-refractivity contribution in [2.75, 3.05) is 5.32 Å². The minimum atomic E-state index is -0.626. The average molecular weight is 409 g/mol. The molecule has 1 atom stereocenters. The van der Waals surface area contributed by atoms with Gasteiger partial charge in [-0.05, 0) is 47.2 Å². The Hall–Kier alpha value is -3.12. The van der Waals surface area contributed by atoms with Crippen LogP contribution in [0.5, 0.6) is 5.75 Å². The molecule has 1 heterocycles. The molecule has 0 bridgehead atoms. The molecule has 0 saturated carbocycles. The van der Waals surface area contributed by atoms with Gasteiger partial charge >= 0.3 is 0 Å². The molecule has 5 nitrogen and oxygen atoms in total. The minimum absolute atomic E-state index is 0.0487. The summed E-state index contributed by atoms with van der Waals surface area (Å²) < 4.78 is 5.76. The fraction of sp³-hybridized carbons (Fsp3) is 0.217. The van der Waals surface area contributed by atoms with Crippen molar-refractivity contribution < 1.29 is 14.3 Å². The highest BCUT2D eigenvalue weighted by Gasteiger charge is 2.25. The van der Waals surface area contributed by atoms with Gasteiger partial charge in [-0.2, -0.15) is 0 Å². The van der Waals surface area contributed by atoms with E-state index in [-0.39, 0.29) is 17.7 Å². The number of rotatable bonds is 8. The van der Waals surface area contributed by atoms with Crippen molar-refractivity contribution in [3.05, 3.63) is 82.6 Å². The van der Waals surface area contributed by atoms with E-state index in [4.69, 9.17) is 4.74 Å². The largest absolute Gasteiger partial charge is 0.489 e. The van der Waals surface area contributed by atoms with Crippen molar-refractivity contribution in [3.63, 3.8) is 0 Å². The van der Waals surface area contributed by atoms with Crippen LogP contribution in [0.15, 0.2) is 72.1 Å². The first-order valence-corrected chi connectivity index (χ1v) is 10.3. The van der Waals surface area contributed by atoms with Crippen LogP contribution < -0.4 is 15.4 Å². The first-order valence-electron chi connectivity index (χ1n) is 9.45. The van der Waals surface area contributed by atoms with Crippen molar-refractivity contribution >= 4 is 28.8 Å². The van der Waals surface area contributed by atoms with Crippen LogP contribution in [-0.2, 0) is 11.4 Å². The molecule has 3 rings (SSSR count). The molecule has 2 aromatic carbocycles. The zero-order valence-corrected chi connectivity index (χ0v) is 17.2. The molecular weight excluding hydrogens is 384 g/mol. The summed E-state index contributed by atoms with van der Waals surface area (Å²) in [7, 11) is 0. The number of benzene rings is 2. The molecule has 1 aromatic heterocycles. The number of carbonyl (C=O) groups excluding carboxylic acids is 2. The third kappa shape index (κ3) is 5.93. The van der Waals surface area contributed by atoms with E-state index < -0.39 is 6.04 Å². The lowest BCUT2D eigenvalue weighted by molar-refractivity contribution is -0.118. The Balaban J connectivity index is 1.57. The molecule has 2 amide bonds. The van der Waals surface area contributed by atoms with Gasteiger partial charge in [-0.25, -0.2) is 0 Å². The summed E-state index contributed by atoms with van der Waals surface area (Å²) in [5.41, 5.74) is 1.74. The predicted molar refractivity (Wildman–Crippen MR) is 116 cm³/mol.